The second kappa shape index (κ2) is 4.35. The Morgan fingerprint density at radius 2 is 2.12 bits per heavy atom. The number of hydrogen-bond acceptors (Lipinski definition) is 3. The van der Waals surface area contributed by atoms with E-state index in [9.17, 15) is 14.4 Å². The second-order valence-electron chi connectivity index (χ2n) is 4.81. The number of nitrogens with one attached hydrogen (secondary N) is 1. The van der Waals surface area contributed by atoms with Crippen LogP contribution in [0.25, 0.3) is 0 Å². The maximum absolute atomic E-state index is 11.7. The Balaban J connectivity index is 1.80. The maximum Gasteiger partial charge on any atom is 0.307 e. The third-order valence-electron chi connectivity index (χ3n) is 3.42. The number of aliphatic carboxylic acids is 1. The Kier molecular flexibility index (Phi) is 3.04. The van der Waals surface area contributed by atoms with Crippen LogP contribution in [0.4, 0.5) is 0 Å². The van der Waals surface area contributed by atoms with Crippen molar-refractivity contribution in [1.29, 1.82) is 0 Å². The molecule has 0 radical (unpaired) electrons. The van der Waals surface area contributed by atoms with Gasteiger partial charge in [-0.15, -0.1) is 0 Å². The lowest BCUT2D eigenvalue weighted by atomic mass is 10.1. The Morgan fingerprint density at radius 1 is 1.41 bits per heavy atom. The molecule has 3 unspecified atom stereocenters. The number of likely N-dealkylation sites (tertiary alicyclic amines) is 1. The average molecular weight is 240 g/mol. The highest BCUT2D eigenvalue weighted by Gasteiger charge is 2.48. The zero-order chi connectivity index (χ0) is 12.6. The van der Waals surface area contributed by atoms with Crippen LogP contribution < -0.4 is 5.32 Å². The number of amides is 2. The molecule has 2 amide bonds. The Labute approximate surface area is 99.0 Å². The second-order valence-corrected chi connectivity index (χ2v) is 4.81. The van der Waals surface area contributed by atoms with Gasteiger partial charge in [0.25, 0.3) is 0 Å². The fraction of sp³-hybridized carbons (Fsp3) is 0.727. The van der Waals surface area contributed by atoms with E-state index in [0.717, 1.165) is 0 Å². The normalized spacial score (nSPS) is 32.2. The third kappa shape index (κ3) is 2.57. The van der Waals surface area contributed by atoms with Gasteiger partial charge in [0.1, 0.15) is 0 Å². The van der Waals surface area contributed by atoms with Crippen LogP contribution in [0, 0.1) is 11.8 Å². The van der Waals surface area contributed by atoms with Gasteiger partial charge in [-0.1, -0.05) is 0 Å². The van der Waals surface area contributed by atoms with Gasteiger partial charge in [0.15, 0.2) is 0 Å². The zero-order valence-corrected chi connectivity index (χ0v) is 9.68. The highest BCUT2D eigenvalue weighted by molar-refractivity contribution is 5.89. The van der Waals surface area contributed by atoms with Gasteiger partial charge in [-0.25, -0.2) is 0 Å². The summed E-state index contributed by atoms with van der Waals surface area (Å²) in [5.41, 5.74) is 0. The van der Waals surface area contributed by atoms with Gasteiger partial charge in [0.2, 0.25) is 11.8 Å². The van der Waals surface area contributed by atoms with E-state index < -0.39 is 11.9 Å². The molecule has 1 heterocycles. The first-order chi connectivity index (χ1) is 7.99. The molecular formula is C11H16N2O4. The molecule has 0 bridgehead atoms. The summed E-state index contributed by atoms with van der Waals surface area (Å²) in [6, 6.07) is -0.0414. The fourth-order valence-corrected chi connectivity index (χ4v) is 2.20. The lowest BCUT2D eigenvalue weighted by Gasteiger charge is -2.30. The van der Waals surface area contributed by atoms with Crippen molar-refractivity contribution >= 4 is 17.8 Å². The molecule has 6 nitrogen and oxygen atoms in total. The minimum Gasteiger partial charge on any atom is -0.481 e. The zero-order valence-electron chi connectivity index (χ0n) is 9.68. The Bertz CT molecular complexity index is 368. The highest BCUT2D eigenvalue weighted by Crippen LogP contribution is 2.38. The number of rotatable bonds is 3. The van der Waals surface area contributed by atoms with Crippen molar-refractivity contribution in [2.24, 2.45) is 11.8 Å². The van der Waals surface area contributed by atoms with E-state index >= 15 is 0 Å². The summed E-state index contributed by atoms with van der Waals surface area (Å²) < 4.78 is 0. The van der Waals surface area contributed by atoms with Gasteiger partial charge in [-0.2, -0.15) is 0 Å². The molecule has 3 atom stereocenters. The standard InChI is InChI=1S/C11H16N2O4/c1-13-5-6(2-3-9(13)14)12-10(15)7-4-8(7)11(16)17/h6-8H,2-5H2,1H3,(H,12,15)(H,16,17). The van der Waals surface area contributed by atoms with E-state index in [4.69, 9.17) is 5.11 Å². The molecule has 0 spiro atoms. The largest absolute Gasteiger partial charge is 0.481 e. The average Bonchev–Trinajstić information content (AvgIpc) is 3.03. The summed E-state index contributed by atoms with van der Waals surface area (Å²) >= 11 is 0. The van der Waals surface area contributed by atoms with Crippen LogP contribution >= 0.6 is 0 Å². The predicted molar refractivity (Wildman–Crippen MR) is 58.0 cm³/mol. The van der Waals surface area contributed by atoms with Gasteiger partial charge in [0, 0.05) is 26.1 Å². The number of piperidine rings is 1. The molecule has 0 aromatic rings. The maximum atomic E-state index is 11.7. The first kappa shape index (κ1) is 11.9. The summed E-state index contributed by atoms with van der Waals surface area (Å²) in [4.78, 5) is 35.2. The number of carbonyl (C=O) groups is 3. The fourth-order valence-electron chi connectivity index (χ4n) is 2.20. The number of carboxylic acids is 1. The third-order valence-corrected chi connectivity index (χ3v) is 3.42. The highest BCUT2D eigenvalue weighted by atomic mass is 16.4. The molecule has 1 saturated heterocycles. The lowest BCUT2D eigenvalue weighted by Crippen LogP contribution is -2.49. The van der Waals surface area contributed by atoms with Crippen LogP contribution in [0.5, 0.6) is 0 Å². The van der Waals surface area contributed by atoms with Crippen LogP contribution in [-0.2, 0) is 14.4 Å². The topological polar surface area (TPSA) is 86.7 Å². The Hall–Kier alpha value is -1.59. The van der Waals surface area contributed by atoms with Gasteiger partial charge >= 0.3 is 5.97 Å². The molecule has 0 aromatic carbocycles. The molecule has 1 saturated carbocycles. The summed E-state index contributed by atoms with van der Waals surface area (Å²) in [5, 5.41) is 11.5. The number of likely N-dealkylation sites (N-methyl/N-ethyl adjacent to an activating group) is 1. The van der Waals surface area contributed by atoms with E-state index in [2.05, 4.69) is 5.32 Å². The molecule has 1 aliphatic carbocycles. The molecule has 1 aliphatic heterocycles. The van der Waals surface area contributed by atoms with E-state index in [1.54, 1.807) is 11.9 Å². The van der Waals surface area contributed by atoms with Crippen molar-refractivity contribution in [2.45, 2.75) is 25.3 Å². The number of carboxylic acid groups (broad SMARTS) is 1. The molecule has 2 aliphatic rings. The van der Waals surface area contributed by atoms with Crippen LogP contribution in [-0.4, -0.2) is 47.4 Å². The molecule has 2 fully saturated rings. The van der Waals surface area contributed by atoms with Crippen molar-refractivity contribution in [1.82, 2.24) is 10.2 Å². The van der Waals surface area contributed by atoms with E-state index in [-0.39, 0.29) is 23.8 Å². The molecule has 94 valence electrons. The summed E-state index contributed by atoms with van der Waals surface area (Å²) in [6.07, 6.45) is 1.51. The van der Waals surface area contributed by atoms with Gasteiger partial charge in [-0.3, -0.25) is 14.4 Å². The van der Waals surface area contributed by atoms with E-state index in [0.29, 0.717) is 25.8 Å². The number of hydrogen-bond donors (Lipinski definition) is 2. The number of carbonyl (C=O) groups excluding carboxylic acids is 2. The first-order valence-electron chi connectivity index (χ1n) is 5.76. The Morgan fingerprint density at radius 3 is 2.65 bits per heavy atom. The van der Waals surface area contributed by atoms with E-state index in [1.807, 2.05) is 0 Å². The van der Waals surface area contributed by atoms with Gasteiger partial charge in [-0.05, 0) is 12.8 Å². The summed E-state index contributed by atoms with van der Waals surface area (Å²) in [7, 11) is 1.71. The molecule has 6 heteroatoms. The van der Waals surface area contributed by atoms with Gasteiger partial charge < -0.3 is 15.3 Å². The van der Waals surface area contributed by atoms with Crippen LogP contribution in [0.15, 0.2) is 0 Å². The smallest absolute Gasteiger partial charge is 0.307 e. The summed E-state index contributed by atoms with van der Waals surface area (Å²) in [5.74, 6) is -1.90. The lowest BCUT2D eigenvalue weighted by molar-refractivity contribution is -0.140. The van der Waals surface area contributed by atoms with Gasteiger partial charge in [0.05, 0.1) is 11.8 Å². The quantitative estimate of drug-likeness (QED) is 0.692. The molecule has 2 rings (SSSR count). The first-order valence-corrected chi connectivity index (χ1v) is 5.76. The molecule has 0 aromatic heterocycles. The predicted octanol–water partition coefficient (Wildman–Crippen LogP) is -0.556. The van der Waals surface area contributed by atoms with Crippen molar-refractivity contribution in [3.63, 3.8) is 0 Å². The van der Waals surface area contributed by atoms with Crippen LogP contribution in [0.2, 0.25) is 0 Å². The van der Waals surface area contributed by atoms with Crippen molar-refractivity contribution in [3.8, 4) is 0 Å². The van der Waals surface area contributed by atoms with Crippen molar-refractivity contribution in [2.75, 3.05) is 13.6 Å². The summed E-state index contributed by atoms with van der Waals surface area (Å²) in [6.45, 7) is 0.509. The van der Waals surface area contributed by atoms with Crippen LogP contribution in [0.3, 0.4) is 0 Å². The molecular weight excluding hydrogens is 224 g/mol. The molecule has 17 heavy (non-hydrogen) atoms. The number of nitrogens with zero attached hydrogens (tertiary/aromatic N) is 1. The van der Waals surface area contributed by atoms with Crippen molar-refractivity contribution in [3.05, 3.63) is 0 Å². The van der Waals surface area contributed by atoms with E-state index in [1.165, 1.54) is 0 Å². The molecule has 2 N–H and O–H groups in total. The minimum atomic E-state index is -0.902. The minimum absolute atomic E-state index is 0.0414. The monoisotopic (exact) mass is 240 g/mol. The van der Waals surface area contributed by atoms with Crippen LogP contribution in [0.1, 0.15) is 19.3 Å². The van der Waals surface area contributed by atoms with Crippen molar-refractivity contribution < 1.29 is 19.5 Å². The SMILES string of the molecule is CN1CC(NC(=O)C2CC2C(=O)O)CCC1=O.